The predicted molar refractivity (Wildman–Crippen MR) is 97.7 cm³/mol. The molecule has 25 heavy (non-hydrogen) atoms. The van der Waals surface area contributed by atoms with Crippen LogP contribution < -0.4 is 0 Å². The topological polar surface area (TPSA) is 45.7 Å². The van der Waals surface area contributed by atoms with Crippen LogP contribution in [0.3, 0.4) is 0 Å². The molecule has 1 atom stereocenters. The molecule has 132 valence electrons. The summed E-state index contributed by atoms with van der Waals surface area (Å²) in [5, 5.41) is 2.01. The summed E-state index contributed by atoms with van der Waals surface area (Å²) in [4.78, 5) is 21.8. The molecule has 4 rings (SSSR count). The summed E-state index contributed by atoms with van der Waals surface area (Å²) in [7, 11) is 0. The molecule has 2 aliphatic rings. The highest BCUT2D eigenvalue weighted by Gasteiger charge is 2.30. The Hall–Kier alpha value is -1.98. The number of morpholine rings is 1. The Balaban J connectivity index is 1.44. The quantitative estimate of drug-likeness (QED) is 0.844. The third-order valence-corrected chi connectivity index (χ3v) is 5.44. The van der Waals surface area contributed by atoms with Crippen molar-refractivity contribution in [1.82, 2.24) is 14.8 Å². The lowest BCUT2D eigenvalue weighted by molar-refractivity contribution is -0.0423. The van der Waals surface area contributed by atoms with Crippen LogP contribution in [-0.4, -0.2) is 65.6 Å². The molecule has 3 heterocycles. The highest BCUT2D eigenvalue weighted by Crippen LogP contribution is 2.23. The molecule has 1 aromatic heterocycles. The fraction of sp³-hybridized carbons (Fsp3) is 0.500. The number of piperidine rings is 1. The van der Waals surface area contributed by atoms with E-state index in [0.717, 1.165) is 62.0 Å². The van der Waals surface area contributed by atoms with Crippen LogP contribution in [0.2, 0.25) is 0 Å². The first-order valence-electron chi connectivity index (χ1n) is 9.20. The first kappa shape index (κ1) is 16.5. The minimum Gasteiger partial charge on any atom is -0.376 e. The molecule has 0 saturated carbocycles. The van der Waals surface area contributed by atoms with Crippen LogP contribution in [0, 0.1) is 0 Å². The van der Waals surface area contributed by atoms with Gasteiger partial charge in [-0.05, 0) is 25.2 Å². The van der Waals surface area contributed by atoms with Gasteiger partial charge in [0.1, 0.15) is 0 Å². The second kappa shape index (κ2) is 7.10. The van der Waals surface area contributed by atoms with Crippen LogP contribution in [0.5, 0.6) is 0 Å². The Bertz CT molecular complexity index is 750. The van der Waals surface area contributed by atoms with Crippen molar-refractivity contribution in [3.05, 3.63) is 42.2 Å². The summed E-state index contributed by atoms with van der Waals surface area (Å²) in [6.45, 7) is 6.61. The monoisotopic (exact) mass is 339 g/mol. The van der Waals surface area contributed by atoms with Gasteiger partial charge in [0.05, 0.1) is 18.3 Å². The van der Waals surface area contributed by atoms with Gasteiger partial charge in [0.25, 0.3) is 5.91 Å². The molecule has 2 aromatic rings. The number of aromatic nitrogens is 1. The maximum atomic E-state index is 13.0. The number of ether oxygens (including phenoxy) is 1. The van der Waals surface area contributed by atoms with Crippen LogP contribution in [0.25, 0.3) is 10.8 Å². The van der Waals surface area contributed by atoms with Crippen LogP contribution in [0.4, 0.5) is 0 Å². The zero-order chi connectivity index (χ0) is 17.2. The molecule has 1 unspecified atom stereocenters. The van der Waals surface area contributed by atoms with Crippen molar-refractivity contribution in [2.75, 3.05) is 32.8 Å². The second-order valence-electron chi connectivity index (χ2n) is 7.11. The highest BCUT2D eigenvalue weighted by molar-refractivity contribution is 6.06. The van der Waals surface area contributed by atoms with Gasteiger partial charge >= 0.3 is 0 Å². The van der Waals surface area contributed by atoms with Gasteiger partial charge in [0.15, 0.2) is 0 Å². The standard InChI is InChI=1S/C20H25N3O2/c1-15-14-23(10-11-25-15)17-6-8-22(9-7-17)20(24)19-13-21-12-16-4-2-3-5-18(16)19/h2-5,12-13,15,17H,6-11,14H2,1H3. The van der Waals surface area contributed by atoms with Crippen molar-refractivity contribution in [3.63, 3.8) is 0 Å². The maximum Gasteiger partial charge on any atom is 0.256 e. The molecule has 1 aromatic carbocycles. The normalized spacial score (nSPS) is 23.1. The van der Waals surface area contributed by atoms with E-state index in [1.807, 2.05) is 35.4 Å². The Kier molecular flexibility index (Phi) is 4.68. The minimum absolute atomic E-state index is 0.109. The molecule has 5 heteroatoms. The van der Waals surface area contributed by atoms with Gasteiger partial charge in [-0.1, -0.05) is 24.3 Å². The minimum atomic E-state index is 0.109. The molecule has 0 spiro atoms. The Labute approximate surface area is 148 Å². The van der Waals surface area contributed by atoms with Gasteiger partial charge in [0.2, 0.25) is 0 Å². The summed E-state index contributed by atoms with van der Waals surface area (Å²) in [6, 6.07) is 8.54. The number of fused-ring (bicyclic) bond motifs is 1. The summed E-state index contributed by atoms with van der Waals surface area (Å²) < 4.78 is 5.64. The number of likely N-dealkylation sites (tertiary alicyclic amines) is 1. The summed E-state index contributed by atoms with van der Waals surface area (Å²) in [5.41, 5.74) is 0.719. The third-order valence-electron chi connectivity index (χ3n) is 5.44. The number of benzene rings is 1. The number of rotatable bonds is 2. The SMILES string of the molecule is CC1CN(C2CCN(C(=O)c3cncc4ccccc34)CC2)CCO1. The van der Waals surface area contributed by atoms with Crippen molar-refractivity contribution in [1.29, 1.82) is 0 Å². The molecule has 2 fully saturated rings. The Morgan fingerprint density at radius 1 is 1.16 bits per heavy atom. The highest BCUT2D eigenvalue weighted by atomic mass is 16.5. The van der Waals surface area contributed by atoms with Crippen LogP contribution >= 0.6 is 0 Å². The fourth-order valence-electron chi connectivity index (χ4n) is 4.07. The van der Waals surface area contributed by atoms with Crippen LogP contribution in [0.1, 0.15) is 30.1 Å². The molecule has 0 aliphatic carbocycles. The zero-order valence-corrected chi connectivity index (χ0v) is 14.7. The molecule has 1 amide bonds. The van der Waals surface area contributed by atoms with Crippen LogP contribution in [-0.2, 0) is 4.74 Å². The van der Waals surface area contributed by atoms with Crippen molar-refractivity contribution in [3.8, 4) is 0 Å². The van der Waals surface area contributed by atoms with Crippen molar-refractivity contribution < 1.29 is 9.53 Å². The first-order valence-corrected chi connectivity index (χ1v) is 9.20. The average molecular weight is 339 g/mol. The van der Waals surface area contributed by atoms with E-state index in [-0.39, 0.29) is 5.91 Å². The summed E-state index contributed by atoms with van der Waals surface area (Å²) in [5.74, 6) is 0.109. The van der Waals surface area contributed by atoms with Gasteiger partial charge in [-0.2, -0.15) is 0 Å². The van der Waals surface area contributed by atoms with E-state index < -0.39 is 0 Å². The van der Waals surface area contributed by atoms with Gasteiger partial charge in [-0.3, -0.25) is 14.7 Å². The molecular weight excluding hydrogens is 314 g/mol. The van der Waals surface area contributed by atoms with Gasteiger partial charge in [0, 0.05) is 50.0 Å². The zero-order valence-electron chi connectivity index (χ0n) is 14.7. The molecular formula is C20H25N3O2. The predicted octanol–water partition coefficient (Wildman–Crippen LogP) is 2.56. The van der Waals surface area contributed by atoms with Gasteiger partial charge < -0.3 is 9.64 Å². The van der Waals surface area contributed by atoms with Crippen molar-refractivity contribution in [2.24, 2.45) is 0 Å². The number of pyridine rings is 1. The lowest BCUT2D eigenvalue weighted by atomic mass is 10.0. The van der Waals surface area contributed by atoms with E-state index in [9.17, 15) is 4.79 Å². The average Bonchev–Trinajstić information content (AvgIpc) is 2.67. The number of hydrogen-bond donors (Lipinski definition) is 0. The Morgan fingerprint density at radius 3 is 2.76 bits per heavy atom. The van der Waals surface area contributed by atoms with E-state index in [1.54, 1.807) is 6.20 Å². The second-order valence-corrected chi connectivity index (χ2v) is 7.11. The lowest BCUT2D eigenvalue weighted by Crippen LogP contribution is -2.51. The van der Waals surface area contributed by atoms with Crippen molar-refractivity contribution >= 4 is 16.7 Å². The third kappa shape index (κ3) is 3.39. The van der Waals surface area contributed by atoms with Gasteiger partial charge in [-0.15, -0.1) is 0 Å². The molecule has 0 radical (unpaired) electrons. The van der Waals surface area contributed by atoms with Gasteiger partial charge in [-0.25, -0.2) is 0 Å². The number of carbonyl (C=O) groups excluding carboxylic acids is 1. The summed E-state index contributed by atoms with van der Waals surface area (Å²) in [6.07, 6.45) is 5.92. The number of amides is 1. The largest absolute Gasteiger partial charge is 0.376 e. The molecule has 2 saturated heterocycles. The molecule has 0 bridgehead atoms. The lowest BCUT2D eigenvalue weighted by Gasteiger charge is -2.41. The first-order chi connectivity index (χ1) is 12.2. The number of carbonyl (C=O) groups is 1. The molecule has 5 nitrogen and oxygen atoms in total. The number of hydrogen-bond acceptors (Lipinski definition) is 4. The molecule has 2 aliphatic heterocycles. The van der Waals surface area contributed by atoms with Crippen molar-refractivity contribution in [2.45, 2.75) is 31.9 Å². The maximum absolute atomic E-state index is 13.0. The summed E-state index contributed by atoms with van der Waals surface area (Å²) >= 11 is 0. The number of nitrogens with zero attached hydrogens (tertiary/aromatic N) is 3. The fourth-order valence-corrected chi connectivity index (χ4v) is 4.07. The molecule has 0 N–H and O–H groups in total. The van der Waals surface area contributed by atoms with E-state index in [0.29, 0.717) is 12.1 Å². The van der Waals surface area contributed by atoms with Crippen LogP contribution in [0.15, 0.2) is 36.7 Å². The van der Waals surface area contributed by atoms with E-state index in [4.69, 9.17) is 4.74 Å². The van der Waals surface area contributed by atoms with E-state index in [2.05, 4.69) is 16.8 Å². The van der Waals surface area contributed by atoms with E-state index >= 15 is 0 Å². The Morgan fingerprint density at radius 2 is 1.96 bits per heavy atom. The smallest absolute Gasteiger partial charge is 0.256 e. The van der Waals surface area contributed by atoms with E-state index in [1.165, 1.54) is 0 Å².